The Morgan fingerprint density at radius 1 is 1.28 bits per heavy atom. The minimum Gasteiger partial charge on any atom is -0.508 e. The van der Waals surface area contributed by atoms with Gasteiger partial charge in [-0.1, -0.05) is 33.3 Å². The number of phenolic OH excluding ortho intramolecular Hbond substituents is 1. The van der Waals surface area contributed by atoms with E-state index in [1.165, 1.54) is 6.07 Å². The van der Waals surface area contributed by atoms with Crippen LogP contribution < -0.4 is 0 Å². The molecule has 3 heteroatoms. The van der Waals surface area contributed by atoms with Crippen LogP contribution in [0.1, 0.15) is 45.7 Å². The number of benzene rings is 1. The molecule has 0 saturated carbocycles. The average molecular weight is 253 g/mol. The Labute approximate surface area is 109 Å². The highest BCUT2D eigenvalue weighted by Crippen LogP contribution is 2.26. The topological polar surface area (TPSA) is 23.5 Å². The monoisotopic (exact) mass is 253 g/mol. The van der Waals surface area contributed by atoms with Gasteiger partial charge in [0, 0.05) is 24.2 Å². The first-order chi connectivity index (χ1) is 8.49. The fraction of sp³-hybridized carbons (Fsp3) is 0.600. The molecule has 0 aliphatic heterocycles. The van der Waals surface area contributed by atoms with E-state index in [0.717, 1.165) is 19.5 Å². The maximum absolute atomic E-state index is 13.8. The van der Waals surface area contributed by atoms with Gasteiger partial charge >= 0.3 is 0 Å². The molecule has 0 fully saturated rings. The summed E-state index contributed by atoms with van der Waals surface area (Å²) in [4.78, 5) is 2.27. The average Bonchev–Trinajstić information content (AvgIpc) is 2.34. The van der Waals surface area contributed by atoms with Gasteiger partial charge in [-0.2, -0.15) is 0 Å². The maximum Gasteiger partial charge on any atom is 0.131 e. The van der Waals surface area contributed by atoms with Gasteiger partial charge in [-0.3, -0.25) is 4.90 Å². The van der Waals surface area contributed by atoms with Crippen molar-refractivity contribution in [1.82, 2.24) is 4.90 Å². The van der Waals surface area contributed by atoms with E-state index in [9.17, 15) is 9.50 Å². The van der Waals surface area contributed by atoms with E-state index in [1.54, 1.807) is 12.1 Å². The zero-order valence-corrected chi connectivity index (χ0v) is 11.8. The fourth-order valence-corrected chi connectivity index (χ4v) is 2.14. The van der Waals surface area contributed by atoms with E-state index < -0.39 is 0 Å². The summed E-state index contributed by atoms with van der Waals surface area (Å²) in [5.41, 5.74) is 0.651. The van der Waals surface area contributed by atoms with Crippen LogP contribution in [0, 0.1) is 11.7 Å². The summed E-state index contributed by atoms with van der Waals surface area (Å²) in [5.74, 6) is 0.256. The quantitative estimate of drug-likeness (QED) is 0.829. The summed E-state index contributed by atoms with van der Waals surface area (Å²) in [6, 6.07) is 4.44. The molecule has 2 unspecified atom stereocenters. The van der Waals surface area contributed by atoms with Crippen LogP contribution in [-0.4, -0.2) is 23.1 Å². The zero-order chi connectivity index (χ0) is 13.7. The van der Waals surface area contributed by atoms with Gasteiger partial charge in [0.25, 0.3) is 0 Å². The van der Waals surface area contributed by atoms with Crippen molar-refractivity contribution in [2.45, 2.75) is 40.2 Å². The summed E-state index contributed by atoms with van der Waals surface area (Å²) in [7, 11) is 0. The third-order valence-corrected chi connectivity index (χ3v) is 3.63. The molecule has 2 atom stereocenters. The Balaban J connectivity index is 2.85. The number of phenols is 1. The van der Waals surface area contributed by atoms with Crippen molar-refractivity contribution in [2.75, 3.05) is 13.1 Å². The molecule has 0 aliphatic carbocycles. The van der Waals surface area contributed by atoms with E-state index >= 15 is 0 Å². The first-order valence-corrected chi connectivity index (χ1v) is 6.72. The van der Waals surface area contributed by atoms with Crippen LogP contribution in [0.15, 0.2) is 18.2 Å². The molecule has 0 aliphatic rings. The first-order valence-electron chi connectivity index (χ1n) is 6.72. The molecule has 1 rings (SSSR count). The van der Waals surface area contributed by atoms with Crippen LogP contribution in [0.25, 0.3) is 0 Å². The second-order valence-electron chi connectivity index (χ2n) is 4.98. The summed E-state index contributed by atoms with van der Waals surface area (Å²) in [6.45, 7) is 10.4. The lowest BCUT2D eigenvalue weighted by Gasteiger charge is -2.30. The SMILES string of the molecule is CCC(C)CN(CC)C(C)c1ccc(O)cc1F. The van der Waals surface area contributed by atoms with Crippen molar-refractivity contribution < 1.29 is 9.50 Å². The molecule has 1 N–H and O–H groups in total. The molecule has 0 amide bonds. The van der Waals surface area contributed by atoms with E-state index in [0.29, 0.717) is 11.5 Å². The van der Waals surface area contributed by atoms with Crippen LogP contribution in [-0.2, 0) is 0 Å². The van der Waals surface area contributed by atoms with E-state index in [2.05, 4.69) is 25.7 Å². The molecule has 0 bridgehead atoms. The summed E-state index contributed by atoms with van der Waals surface area (Å²) in [6.07, 6.45) is 1.13. The largest absolute Gasteiger partial charge is 0.508 e. The van der Waals surface area contributed by atoms with Gasteiger partial charge in [-0.15, -0.1) is 0 Å². The number of hydrogen-bond donors (Lipinski definition) is 1. The first kappa shape index (κ1) is 15.0. The lowest BCUT2D eigenvalue weighted by molar-refractivity contribution is 0.187. The van der Waals surface area contributed by atoms with Gasteiger partial charge in [0.2, 0.25) is 0 Å². The van der Waals surface area contributed by atoms with Crippen molar-refractivity contribution in [3.63, 3.8) is 0 Å². The van der Waals surface area contributed by atoms with Gasteiger partial charge in [-0.25, -0.2) is 4.39 Å². The summed E-state index contributed by atoms with van der Waals surface area (Å²) < 4.78 is 13.8. The molecule has 0 radical (unpaired) electrons. The third-order valence-electron chi connectivity index (χ3n) is 3.63. The van der Waals surface area contributed by atoms with E-state index in [-0.39, 0.29) is 17.6 Å². The van der Waals surface area contributed by atoms with Crippen molar-refractivity contribution >= 4 is 0 Å². The number of halogens is 1. The number of nitrogens with zero attached hydrogens (tertiary/aromatic N) is 1. The van der Waals surface area contributed by atoms with E-state index in [1.807, 2.05) is 6.92 Å². The minimum absolute atomic E-state index is 0.0200. The highest BCUT2D eigenvalue weighted by molar-refractivity contribution is 5.29. The molecule has 1 aromatic rings. The second-order valence-corrected chi connectivity index (χ2v) is 4.98. The molecular formula is C15H24FNO. The minimum atomic E-state index is -0.329. The Bertz CT molecular complexity index is 381. The van der Waals surface area contributed by atoms with Crippen LogP contribution in [0.2, 0.25) is 0 Å². The second kappa shape index (κ2) is 6.74. The van der Waals surface area contributed by atoms with Gasteiger partial charge in [0.1, 0.15) is 11.6 Å². The Morgan fingerprint density at radius 3 is 2.44 bits per heavy atom. The van der Waals surface area contributed by atoms with Gasteiger partial charge in [0.05, 0.1) is 0 Å². The molecule has 1 aromatic carbocycles. The molecule has 18 heavy (non-hydrogen) atoms. The van der Waals surface area contributed by atoms with Crippen molar-refractivity contribution in [3.8, 4) is 5.75 Å². The van der Waals surface area contributed by atoms with Crippen molar-refractivity contribution in [3.05, 3.63) is 29.6 Å². The lowest BCUT2D eigenvalue weighted by atomic mass is 10.0. The molecule has 0 aromatic heterocycles. The van der Waals surface area contributed by atoms with Crippen LogP contribution in [0.5, 0.6) is 5.75 Å². The normalized spacial score (nSPS) is 14.8. The maximum atomic E-state index is 13.8. The molecule has 2 nitrogen and oxygen atoms in total. The predicted molar refractivity (Wildman–Crippen MR) is 73.2 cm³/mol. The van der Waals surface area contributed by atoms with Gasteiger partial charge < -0.3 is 5.11 Å². The van der Waals surface area contributed by atoms with Gasteiger partial charge in [0.15, 0.2) is 0 Å². The summed E-state index contributed by atoms with van der Waals surface area (Å²) >= 11 is 0. The Kier molecular flexibility index (Phi) is 5.60. The molecule has 102 valence electrons. The highest BCUT2D eigenvalue weighted by Gasteiger charge is 2.19. The zero-order valence-electron chi connectivity index (χ0n) is 11.8. The van der Waals surface area contributed by atoms with E-state index in [4.69, 9.17) is 0 Å². The smallest absolute Gasteiger partial charge is 0.131 e. The number of hydrogen-bond acceptors (Lipinski definition) is 2. The third kappa shape index (κ3) is 3.70. The van der Waals surface area contributed by atoms with Crippen LogP contribution in [0.4, 0.5) is 4.39 Å². The molecule has 0 spiro atoms. The van der Waals surface area contributed by atoms with Crippen LogP contribution >= 0.6 is 0 Å². The highest BCUT2D eigenvalue weighted by atomic mass is 19.1. The molecule has 0 saturated heterocycles. The molecule has 0 heterocycles. The fourth-order valence-electron chi connectivity index (χ4n) is 2.14. The lowest BCUT2D eigenvalue weighted by Crippen LogP contribution is -2.31. The van der Waals surface area contributed by atoms with Crippen molar-refractivity contribution in [2.24, 2.45) is 5.92 Å². The van der Waals surface area contributed by atoms with Crippen LogP contribution in [0.3, 0.4) is 0 Å². The van der Waals surface area contributed by atoms with Gasteiger partial charge in [-0.05, 0) is 25.5 Å². The standard InChI is InChI=1S/C15H24FNO/c1-5-11(3)10-17(6-2)12(4)14-8-7-13(18)9-15(14)16/h7-9,11-12,18H,5-6,10H2,1-4H3. The Hall–Kier alpha value is -1.09. The van der Waals surface area contributed by atoms with Crippen molar-refractivity contribution in [1.29, 1.82) is 0 Å². The number of aromatic hydroxyl groups is 1. The number of rotatable bonds is 6. The summed E-state index contributed by atoms with van der Waals surface area (Å²) in [5, 5.41) is 9.24. The molecular weight excluding hydrogens is 229 g/mol. The Morgan fingerprint density at radius 2 is 1.94 bits per heavy atom. The predicted octanol–water partition coefficient (Wildman–Crippen LogP) is 3.96.